The summed E-state index contributed by atoms with van der Waals surface area (Å²) in [5.41, 5.74) is 13.7. The number of nitrogens with zero attached hydrogens (tertiary/aromatic N) is 2. The molecular formula is C14H18N4. The Morgan fingerprint density at radius 2 is 1.50 bits per heavy atom. The fourth-order valence-electron chi connectivity index (χ4n) is 1.99. The Hall–Kier alpha value is -2.07. The number of nitrogen functional groups attached to an aromatic ring is 2. The molecule has 4 heteroatoms. The monoisotopic (exact) mass is 242 g/mol. The highest BCUT2D eigenvalue weighted by Gasteiger charge is 2.03. The van der Waals surface area contributed by atoms with E-state index >= 15 is 0 Å². The number of rotatable bonds is 4. The zero-order valence-electron chi connectivity index (χ0n) is 10.5. The standard InChI is InChI=1S/C14H18N4/c1-18(9-11-5-3-2-4-6-11)10-12-7-13(15)17-14(16)8-12/h2-8H,9-10H2,1H3,(H4,15,16,17). The van der Waals surface area contributed by atoms with Gasteiger partial charge in [-0.05, 0) is 30.3 Å². The average Bonchev–Trinajstić information content (AvgIpc) is 2.28. The molecule has 4 N–H and O–H groups in total. The third kappa shape index (κ3) is 3.46. The molecule has 0 aliphatic heterocycles. The van der Waals surface area contributed by atoms with Crippen molar-refractivity contribution >= 4 is 11.6 Å². The van der Waals surface area contributed by atoms with E-state index < -0.39 is 0 Å². The number of aromatic nitrogens is 1. The molecule has 0 atom stereocenters. The van der Waals surface area contributed by atoms with Crippen molar-refractivity contribution in [1.82, 2.24) is 9.88 Å². The van der Waals surface area contributed by atoms with Gasteiger partial charge in [0, 0.05) is 13.1 Å². The lowest BCUT2D eigenvalue weighted by molar-refractivity contribution is 0.319. The lowest BCUT2D eigenvalue weighted by Crippen LogP contribution is -2.17. The van der Waals surface area contributed by atoms with Crippen LogP contribution in [0.15, 0.2) is 42.5 Å². The maximum atomic E-state index is 5.68. The van der Waals surface area contributed by atoms with Gasteiger partial charge in [0.05, 0.1) is 0 Å². The second-order valence-corrected chi connectivity index (χ2v) is 4.48. The minimum absolute atomic E-state index is 0.470. The van der Waals surface area contributed by atoms with E-state index in [1.165, 1.54) is 5.56 Å². The number of pyridine rings is 1. The van der Waals surface area contributed by atoms with E-state index in [0.29, 0.717) is 11.6 Å². The number of anilines is 2. The van der Waals surface area contributed by atoms with Crippen LogP contribution in [0.1, 0.15) is 11.1 Å². The van der Waals surface area contributed by atoms with Crippen LogP contribution >= 0.6 is 0 Å². The number of hydrogen-bond acceptors (Lipinski definition) is 4. The SMILES string of the molecule is CN(Cc1ccccc1)Cc1cc(N)nc(N)c1. The zero-order valence-corrected chi connectivity index (χ0v) is 10.5. The van der Waals surface area contributed by atoms with Crippen molar-refractivity contribution < 1.29 is 0 Å². The van der Waals surface area contributed by atoms with E-state index in [1.54, 1.807) is 0 Å². The third-order valence-electron chi connectivity index (χ3n) is 2.67. The summed E-state index contributed by atoms with van der Waals surface area (Å²) >= 11 is 0. The van der Waals surface area contributed by atoms with Gasteiger partial charge in [-0.3, -0.25) is 4.90 Å². The molecule has 1 aromatic heterocycles. The lowest BCUT2D eigenvalue weighted by atomic mass is 10.2. The third-order valence-corrected chi connectivity index (χ3v) is 2.67. The van der Waals surface area contributed by atoms with Gasteiger partial charge in [0.1, 0.15) is 11.6 Å². The summed E-state index contributed by atoms with van der Waals surface area (Å²) in [5.74, 6) is 0.941. The van der Waals surface area contributed by atoms with Gasteiger partial charge in [-0.15, -0.1) is 0 Å². The molecule has 0 unspecified atom stereocenters. The van der Waals surface area contributed by atoms with Gasteiger partial charge in [0.25, 0.3) is 0 Å². The molecule has 2 aromatic rings. The molecule has 0 spiro atoms. The van der Waals surface area contributed by atoms with Gasteiger partial charge in [0.2, 0.25) is 0 Å². The molecule has 0 aliphatic rings. The van der Waals surface area contributed by atoms with Gasteiger partial charge < -0.3 is 11.5 Å². The van der Waals surface area contributed by atoms with Crippen LogP contribution in [0.2, 0.25) is 0 Å². The van der Waals surface area contributed by atoms with Crippen LogP contribution in [0.5, 0.6) is 0 Å². The molecule has 0 saturated heterocycles. The molecule has 0 fully saturated rings. The Morgan fingerprint density at radius 1 is 0.944 bits per heavy atom. The first-order valence-corrected chi connectivity index (χ1v) is 5.88. The zero-order chi connectivity index (χ0) is 13.0. The van der Waals surface area contributed by atoms with Gasteiger partial charge in [-0.1, -0.05) is 30.3 Å². The van der Waals surface area contributed by atoms with Crippen molar-refractivity contribution in [1.29, 1.82) is 0 Å². The molecule has 0 bridgehead atoms. The highest BCUT2D eigenvalue weighted by molar-refractivity contribution is 5.43. The van der Waals surface area contributed by atoms with Crippen LogP contribution in [-0.4, -0.2) is 16.9 Å². The van der Waals surface area contributed by atoms with E-state index in [9.17, 15) is 0 Å². The van der Waals surface area contributed by atoms with Gasteiger partial charge >= 0.3 is 0 Å². The molecule has 0 amide bonds. The predicted octanol–water partition coefficient (Wildman–Crippen LogP) is 1.88. The van der Waals surface area contributed by atoms with Gasteiger partial charge in [0.15, 0.2) is 0 Å². The fraction of sp³-hybridized carbons (Fsp3) is 0.214. The molecule has 4 nitrogen and oxygen atoms in total. The van der Waals surface area contributed by atoms with E-state index in [0.717, 1.165) is 18.7 Å². The van der Waals surface area contributed by atoms with Crippen LogP contribution in [0.4, 0.5) is 11.6 Å². The summed E-state index contributed by atoms with van der Waals surface area (Å²) in [6.45, 7) is 1.69. The maximum Gasteiger partial charge on any atom is 0.126 e. The lowest BCUT2D eigenvalue weighted by Gasteiger charge is -2.17. The minimum atomic E-state index is 0.470. The summed E-state index contributed by atoms with van der Waals surface area (Å²) in [4.78, 5) is 6.17. The van der Waals surface area contributed by atoms with Crippen LogP contribution < -0.4 is 11.5 Å². The Labute approximate surface area is 107 Å². The second-order valence-electron chi connectivity index (χ2n) is 4.48. The Kier molecular flexibility index (Phi) is 3.79. The first-order valence-electron chi connectivity index (χ1n) is 5.88. The molecule has 1 aromatic carbocycles. The normalized spacial score (nSPS) is 10.8. The molecule has 2 rings (SSSR count). The summed E-state index contributed by atoms with van der Waals surface area (Å²) < 4.78 is 0. The highest BCUT2D eigenvalue weighted by atomic mass is 15.1. The van der Waals surface area contributed by atoms with Crippen molar-refractivity contribution in [2.45, 2.75) is 13.1 Å². The first-order chi connectivity index (χ1) is 8.63. The summed E-state index contributed by atoms with van der Waals surface area (Å²) in [6.07, 6.45) is 0. The van der Waals surface area contributed by atoms with Crippen molar-refractivity contribution in [2.75, 3.05) is 18.5 Å². The summed E-state index contributed by atoms with van der Waals surface area (Å²) in [7, 11) is 2.07. The summed E-state index contributed by atoms with van der Waals surface area (Å²) in [6, 6.07) is 14.1. The van der Waals surface area contributed by atoms with Gasteiger partial charge in [-0.25, -0.2) is 4.98 Å². The molecule has 1 heterocycles. The van der Waals surface area contributed by atoms with Gasteiger partial charge in [-0.2, -0.15) is 0 Å². The largest absolute Gasteiger partial charge is 0.384 e. The van der Waals surface area contributed by atoms with E-state index in [2.05, 4.69) is 29.1 Å². The average molecular weight is 242 g/mol. The number of nitrogens with two attached hydrogens (primary N) is 2. The smallest absolute Gasteiger partial charge is 0.126 e. The quantitative estimate of drug-likeness (QED) is 0.859. The molecule has 0 aliphatic carbocycles. The maximum absolute atomic E-state index is 5.68. The van der Waals surface area contributed by atoms with E-state index in [4.69, 9.17) is 11.5 Å². The Balaban J connectivity index is 2.01. The molecule has 18 heavy (non-hydrogen) atoms. The van der Waals surface area contributed by atoms with Crippen molar-refractivity contribution in [3.8, 4) is 0 Å². The predicted molar refractivity (Wildman–Crippen MR) is 74.7 cm³/mol. The minimum Gasteiger partial charge on any atom is -0.384 e. The molecule has 94 valence electrons. The second kappa shape index (κ2) is 5.51. The molecular weight excluding hydrogens is 224 g/mol. The van der Waals surface area contributed by atoms with E-state index in [-0.39, 0.29) is 0 Å². The fourth-order valence-corrected chi connectivity index (χ4v) is 1.99. The Morgan fingerprint density at radius 3 is 2.11 bits per heavy atom. The van der Waals surface area contributed by atoms with Crippen LogP contribution in [0.25, 0.3) is 0 Å². The highest BCUT2D eigenvalue weighted by Crippen LogP contribution is 2.12. The van der Waals surface area contributed by atoms with Crippen LogP contribution in [-0.2, 0) is 13.1 Å². The molecule has 0 saturated carbocycles. The topological polar surface area (TPSA) is 68.2 Å². The van der Waals surface area contributed by atoms with Crippen molar-refractivity contribution in [2.24, 2.45) is 0 Å². The Bertz CT molecular complexity index is 490. The van der Waals surface area contributed by atoms with Crippen molar-refractivity contribution in [3.63, 3.8) is 0 Å². The van der Waals surface area contributed by atoms with E-state index in [1.807, 2.05) is 30.3 Å². The number of hydrogen-bond donors (Lipinski definition) is 2. The summed E-state index contributed by atoms with van der Waals surface area (Å²) in [5, 5.41) is 0. The van der Waals surface area contributed by atoms with Crippen LogP contribution in [0, 0.1) is 0 Å². The molecule has 0 radical (unpaired) electrons. The van der Waals surface area contributed by atoms with Crippen molar-refractivity contribution in [3.05, 3.63) is 53.6 Å². The van der Waals surface area contributed by atoms with Crippen LogP contribution in [0.3, 0.4) is 0 Å². The first kappa shape index (κ1) is 12.4. The number of benzene rings is 1.